The van der Waals surface area contributed by atoms with E-state index in [1.54, 1.807) is 0 Å². The highest BCUT2D eigenvalue weighted by molar-refractivity contribution is 9.10. The lowest BCUT2D eigenvalue weighted by Crippen LogP contribution is -2.17. The molecular weight excluding hydrogens is 350 g/mol. The van der Waals surface area contributed by atoms with Crippen LogP contribution in [0, 0.1) is 0 Å². The van der Waals surface area contributed by atoms with Crippen LogP contribution in [0.3, 0.4) is 0 Å². The molecule has 100 valence electrons. The second-order valence-electron chi connectivity index (χ2n) is 4.14. The monoisotopic (exact) mass is 359 g/mol. The highest BCUT2D eigenvalue weighted by Crippen LogP contribution is 2.40. The minimum Gasteiger partial charge on any atom is -0.486 e. The van der Waals surface area contributed by atoms with Gasteiger partial charge in [0.25, 0.3) is 0 Å². The summed E-state index contributed by atoms with van der Waals surface area (Å²) in [5.41, 5.74) is 7.25. The van der Waals surface area contributed by atoms with Gasteiger partial charge in [0.15, 0.2) is 11.5 Å². The lowest BCUT2D eigenvalue weighted by atomic mass is 10.1. The van der Waals surface area contributed by atoms with Crippen molar-refractivity contribution in [1.82, 2.24) is 0 Å². The first-order chi connectivity index (χ1) is 9.15. The van der Waals surface area contributed by atoms with E-state index in [9.17, 15) is 0 Å². The molecular formula is C13H11BrClNO2S. The summed E-state index contributed by atoms with van der Waals surface area (Å²) in [6.07, 6.45) is 0. The standard InChI is InChI=1S/C13H11BrClNO2S/c14-8-6-10-9(17-3-4-18-10)5-7(8)13(16)11-1-2-12(15)19-11/h1-2,5-6,13H,3-4,16H2. The van der Waals surface area contributed by atoms with E-state index in [0.29, 0.717) is 13.2 Å². The third-order valence-corrected chi connectivity index (χ3v) is 4.90. The minimum absolute atomic E-state index is 0.234. The first-order valence-electron chi connectivity index (χ1n) is 5.75. The van der Waals surface area contributed by atoms with E-state index in [4.69, 9.17) is 26.8 Å². The number of benzene rings is 1. The topological polar surface area (TPSA) is 44.5 Å². The molecule has 6 heteroatoms. The van der Waals surface area contributed by atoms with Gasteiger partial charge in [0, 0.05) is 9.35 Å². The second kappa shape index (κ2) is 5.32. The summed E-state index contributed by atoms with van der Waals surface area (Å²) >= 11 is 11.0. The normalized spacial score (nSPS) is 15.3. The van der Waals surface area contributed by atoms with Gasteiger partial charge in [-0.05, 0) is 29.8 Å². The van der Waals surface area contributed by atoms with Crippen molar-refractivity contribution in [3.63, 3.8) is 0 Å². The average molecular weight is 361 g/mol. The molecule has 0 bridgehead atoms. The Labute approximate surface area is 128 Å². The zero-order chi connectivity index (χ0) is 13.4. The highest BCUT2D eigenvalue weighted by Gasteiger charge is 2.20. The lowest BCUT2D eigenvalue weighted by Gasteiger charge is -2.21. The molecule has 0 spiro atoms. The molecule has 19 heavy (non-hydrogen) atoms. The first kappa shape index (κ1) is 13.2. The van der Waals surface area contributed by atoms with E-state index in [0.717, 1.165) is 30.7 Å². The number of hydrogen-bond acceptors (Lipinski definition) is 4. The Kier molecular flexibility index (Phi) is 3.71. The Hall–Kier alpha value is -0.750. The Morgan fingerprint density at radius 3 is 2.53 bits per heavy atom. The van der Waals surface area contributed by atoms with Crippen molar-refractivity contribution in [2.75, 3.05) is 13.2 Å². The molecule has 2 aromatic rings. The molecule has 2 heterocycles. The Morgan fingerprint density at radius 1 is 1.21 bits per heavy atom. The van der Waals surface area contributed by atoms with E-state index in [1.807, 2.05) is 24.3 Å². The molecule has 1 aromatic heterocycles. The lowest BCUT2D eigenvalue weighted by molar-refractivity contribution is 0.171. The molecule has 1 atom stereocenters. The minimum atomic E-state index is -0.234. The largest absolute Gasteiger partial charge is 0.486 e. The number of hydrogen-bond donors (Lipinski definition) is 1. The van der Waals surface area contributed by atoms with Gasteiger partial charge in [-0.15, -0.1) is 11.3 Å². The molecule has 0 amide bonds. The molecule has 0 radical (unpaired) electrons. The molecule has 1 aliphatic rings. The van der Waals surface area contributed by atoms with Gasteiger partial charge >= 0.3 is 0 Å². The van der Waals surface area contributed by atoms with Crippen molar-refractivity contribution in [2.45, 2.75) is 6.04 Å². The maximum atomic E-state index is 6.29. The summed E-state index contributed by atoms with van der Waals surface area (Å²) < 4.78 is 12.8. The fourth-order valence-corrected chi connectivity index (χ4v) is 3.62. The van der Waals surface area contributed by atoms with Crippen LogP contribution < -0.4 is 15.2 Å². The Morgan fingerprint density at radius 2 is 1.89 bits per heavy atom. The van der Waals surface area contributed by atoms with Crippen LogP contribution in [0.25, 0.3) is 0 Å². The second-order valence-corrected chi connectivity index (χ2v) is 6.74. The molecule has 1 unspecified atom stereocenters. The number of thiophene rings is 1. The van der Waals surface area contributed by atoms with Crippen molar-refractivity contribution in [3.05, 3.63) is 43.5 Å². The summed E-state index contributed by atoms with van der Waals surface area (Å²) in [5.74, 6) is 1.49. The molecule has 1 aromatic carbocycles. The molecule has 0 fully saturated rings. The highest BCUT2D eigenvalue weighted by atomic mass is 79.9. The van der Waals surface area contributed by atoms with Crippen molar-refractivity contribution in [2.24, 2.45) is 5.73 Å². The molecule has 3 rings (SSSR count). The van der Waals surface area contributed by atoms with Gasteiger partial charge in [-0.1, -0.05) is 27.5 Å². The third kappa shape index (κ3) is 2.60. The van der Waals surface area contributed by atoms with Crippen molar-refractivity contribution < 1.29 is 9.47 Å². The molecule has 3 nitrogen and oxygen atoms in total. The smallest absolute Gasteiger partial charge is 0.162 e. The van der Waals surface area contributed by atoms with Crippen LogP contribution in [0.4, 0.5) is 0 Å². The van der Waals surface area contributed by atoms with E-state index in [-0.39, 0.29) is 6.04 Å². The fourth-order valence-electron chi connectivity index (χ4n) is 1.97. The van der Waals surface area contributed by atoms with Gasteiger partial charge in [0.05, 0.1) is 10.4 Å². The first-order valence-corrected chi connectivity index (χ1v) is 7.74. The quantitative estimate of drug-likeness (QED) is 0.881. The predicted octanol–water partition coefficient (Wildman–Crippen LogP) is 3.98. The van der Waals surface area contributed by atoms with E-state index in [2.05, 4.69) is 15.9 Å². The zero-order valence-electron chi connectivity index (χ0n) is 9.86. The van der Waals surface area contributed by atoms with Gasteiger partial charge in [-0.2, -0.15) is 0 Å². The van der Waals surface area contributed by atoms with Crippen molar-refractivity contribution in [1.29, 1.82) is 0 Å². The summed E-state index contributed by atoms with van der Waals surface area (Å²) in [6, 6.07) is 7.40. The van der Waals surface area contributed by atoms with E-state index < -0.39 is 0 Å². The van der Waals surface area contributed by atoms with Crippen LogP contribution >= 0.6 is 38.9 Å². The zero-order valence-corrected chi connectivity index (χ0v) is 13.0. The SMILES string of the molecule is NC(c1ccc(Cl)s1)c1cc2c(cc1Br)OCCO2. The molecule has 0 aliphatic carbocycles. The van der Waals surface area contributed by atoms with E-state index >= 15 is 0 Å². The number of nitrogens with two attached hydrogens (primary N) is 1. The number of rotatable bonds is 2. The maximum Gasteiger partial charge on any atom is 0.162 e. The summed E-state index contributed by atoms with van der Waals surface area (Å²) in [4.78, 5) is 1.02. The van der Waals surface area contributed by atoms with Crippen LogP contribution in [0.2, 0.25) is 4.34 Å². The van der Waals surface area contributed by atoms with Gasteiger partial charge < -0.3 is 15.2 Å². The van der Waals surface area contributed by atoms with Crippen molar-refractivity contribution in [3.8, 4) is 11.5 Å². The molecule has 0 saturated carbocycles. The Balaban J connectivity index is 2.00. The Bertz CT molecular complexity index is 617. The van der Waals surface area contributed by atoms with Gasteiger partial charge in [-0.3, -0.25) is 0 Å². The van der Waals surface area contributed by atoms with Gasteiger partial charge in [0.2, 0.25) is 0 Å². The summed E-state index contributed by atoms with van der Waals surface area (Å²) in [5, 5.41) is 0. The predicted molar refractivity (Wildman–Crippen MR) is 80.5 cm³/mol. The van der Waals surface area contributed by atoms with Gasteiger partial charge in [-0.25, -0.2) is 0 Å². The summed E-state index contributed by atoms with van der Waals surface area (Å²) in [6.45, 7) is 1.14. The summed E-state index contributed by atoms with van der Waals surface area (Å²) in [7, 11) is 0. The molecule has 0 saturated heterocycles. The van der Waals surface area contributed by atoms with Gasteiger partial charge in [0.1, 0.15) is 13.2 Å². The van der Waals surface area contributed by atoms with Crippen LogP contribution in [0.5, 0.6) is 11.5 Å². The van der Waals surface area contributed by atoms with Crippen LogP contribution in [-0.4, -0.2) is 13.2 Å². The third-order valence-electron chi connectivity index (χ3n) is 2.90. The van der Waals surface area contributed by atoms with Crippen LogP contribution in [0.15, 0.2) is 28.7 Å². The molecule has 1 aliphatic heterocycles. The number of halogens is 2. The average Bonchev–Trinajstić information content (AvgIpc) is 2.84. The van der Waals surface area contributed by atoms with Crippen LogP contribution in [-0.2, 0) is 0 Å². The van der Waals surface area contributed by atoms with Crippen LogP contribution in [0.1, 0.15) is 16.5 Å². The van der Waals surface area contributed by atoms with E-state index in [1.165, 1.54) is 11.3 Å². The fraction of sp³-hybridized carbons (Fsp3) is 0.231. The van der Waals surface area contributed by atoms with Crippen molar-refractivity contribution >= 4 is 38.9 Å². The maximum absolute atomic E-state index is 6.29. The molecule has 2 N–H and O–H groups in total. The number of ether oxygens (including phenoxy) is 2. The number of fused-ring (bicyclic) bond motifs is 1.